The van der Waals surface area contributed by atoms with Crippen LogP contribution in [0.25, 0.3) is 0 Å². The predicted octanol–water partition coefficient (Wildman–Crippen LogP) is 2.01. The maximum atomic E-state index is 12.4. The van der Waals surface area contributed by atoms with Gasteiger partial charge in [-0.3, -0.25) is 15.1 Å². The number of methoxy groups -OCH3 is 1. The number of aromatic nitrogens is 1. The fourth-order valence-electron chi connectivity index (χ4n) is 2.63. The lowest BCUT2D eigenvalue weighted by Gasteiger charge is -2.17. The molecule has 1 saturated heterocycles. The Bertz CT molecular complexity index is 908. The molecule has 1 fully saturated rings. The molecule has 10 heteroatoms. The van der Waals surface area contributed by atoms with E-state index < -0.39 is 11.6 Å². The van der Waals surface area contributed by atoms with Gasteiger partial charge in [0.25, 0.3) is 5.91 Å². The molecule has 4 N–H and O–H groups in total. The minimum atomic E-state index is -0.914. The van der Waals surface area contributed by atoms with Crippen molar-refractivity contribution < 1.29 is 14.3 Å². The molecule has 3 rings (SSSR count). The molecule has 142 valence electrons. The van der Waals surface area contributed by atoms with Gasteiger partial charge in [0.15, 0.2) is 0 Å². The molecule has 2 aromatic rings. The molecular weight excluding hydrogens is 368 g/mol. The van der Waals surface area contributed by atoms with Crippen LogP contribution in [0.2, 0.25) is 0 Å². The fraction of sp³-hybridized carbons (Fsp3) is 0.294. The van der Waals surface area contributed by atoms with Gasteiger partial charge in [0.2, 0.25) is 5.13 Å². The largest absolute Gasteiger partial charge is 0.496 e. The number of amides is 3. The van der Waals surface area contributed by atoms with E-state index >= 15 is 0 Å². The first-order valence-electron chi connectivity index (χ1n) is 8.11. The number of hydrogen-bond acceptors (Lipinski definition) is 8. The summed E-state index contributed by atoms with van der Waals surface area (Å²) in [4.78, 5) is 29.8. The van der Waals surface area contributed by atoms with Gasteiger partial charge in [-0.1, -0.05) is 0 Å². The van der Waals surface area contributed by atoms with E-state index in [-0.39, 0.29) is 12.5 Å². The van der Waals surface area contributed by atoms with E-state index in [1.54, 1.807) is 31.5 Å². The van der Waals surface area contributed by atoms with Gasteiger partial charge in [0, 0.05) is 10.9 Å². The topological polar surface area (TPSA) is 122 Å². The van der Waals surface area contributed by atoms with E-state index in [1.165, 1.54) is 23.3 Å². The van der Waals surface area contributed by atoms with Crippen molar-refractivity contribution in [2.75, 3.05) is 18.3 Å². The Labute approximate surface area is 160 Å². The maximum absolute atomic E-state index is 12.4. The van der Waals surface area contributed by atoms with Crippen molar-refractivity contribution in [3.05, 3.63) is 34.7 Å². The number of imide groups is 1. The summed E-state index contributed by atoms with van der Waals surface area (Å²) >= 11 is 1.35. The van der Waals surface area contributed by atoms with Crippen LogP contribution in [-0.2, 0) is 11.3 Å². The van der Waals surface area contributed by atoms with Crippen LogP contribution in [0.15, 0.2) is 28.7 Å². The molecule has 3 amide bonds. The van der Waals surface area contributed by atoms with Crippen LogP contribution in [-0.4, -0.2) is 40.7 Å². The Hall–Kier alpha value is -3.14. The predicted molar refractivity (Wildman–Crippen MR) is 104 cm³/mol. The first kappa shape index (κ1) is 18.6. The van der Waals surface area contributed by atoms with Gasteiger partial charge < -0.3 is 15.8 Å². The molecule has 1 aliphatic heterocycles. The second-order valence-electron chi connectivity index (χ2n) is 6.47. The van der Waals surface area contributed by atoms with Crippen LogP contribution in [0.3, 0.4) is 0 Å². The van der Waals surface area contributed by atoms with Crippen LogP contribution in [0.5, 0.6) is 5.75 Å². The number of carbonyl (C=O) groups excluding carboxylic acids is 2. The van der Waals surface area contributed by atoms with Gasteiger partial charge in [-0.05, 0) is 37.6 Å². The summed E-state index contributed by atoms with van der Waals surface area (Å²) in [5, 5.41) is 9.08. The number of carbonyl (C=O) groups is 2. The number of hydrogen-bond donors (Lipinski definition) is 3. The number of ether oxygens (including phenoxy) is 1. The first-order chi connectivity index (χ1) is 12.8. The first-order valence-corrected chi connectivity index (χ1v) is 8.99. The molecule has 0 radical (unpaired) electrons. The smallest absolute Gasteiger partial charge is 0.325 e. The molecule has 1 aromatic heterocycles. The number of nitrogens with two attached hydrogens (primary N) is 1. The molecule has 2 heterocycles. The lowest BCUT2D eigenvalue weighted by atomic mass is 10.1. The highest BCUT2D eigenvalue weighted by Crippen LogP contribution is 2.25. The van der Waals surface area contributed by atoms with E-state index in [0.29, 0.717) is 22.3 Å². The number of thiazole rings is 1. The monoisotopic (exact) mass is 388 g/mol. The summed E-state index contributed by atoms with van der Waals surface area (Å²) < 4.78 is 5.36. The van der Waals surface area contributed by atoms with Crippen LogP contribution in [0.1, 0.15) is 25.0 Å². The number of nitrogens with one attached hydrogen (secondary N) is 2. The Kier molecular flexibility index (Phi) is 5.00. The number of nitrogen functional groups attached to an aromatic ring is 1. The fourth-order valence-corrected chi connectivity index (χ4v) is 3.18. The Balaban J connectivity index is 1.77. The maximum Gasteiger partial charge on any atom is 0.325 e. The lowest BCUT2D eigenvalue weighted by Crippen LogP contribution is -2.40. The molecule has 1 aliphatic rings. The highest BCUT2D eigenvalue weighted by Gasteiger charge is 2.44. The van der Waals surface area contributed by atoms with Gasteiger partial charge in [-0.2, -0.15) is 5.10 Å². The molecule has 27 heavy (non-hydrogen) atoms. The van der Waals surface area contributed by atoms with Crippen molar-refractivity contribution >= 4 is 40.4 Å². The van der Waals surface area contributed by atoms with Crippen molar-refractivity contribution in [1.29, 1.82) is 0 Å². The van der Waals surface area contributed by atoms with Gasteiger partial charge in [0.1, 0.15) is 17.1 Å². The zero-order chi connectivity index (χ0) is 19.6. The minimum Gasteiger partial charge on any atom is -0.496 e. The van der Waals surface area contributed by atoms with Gasteiger partial charge >= 0.3 is 6.03 Å². The number of rotatable bonds is 6. The Morgan fingerprint density at radius 2 is 2.22 bits per heavy atom. The molecule has 0 spiro atoms. The quantitative estimate of drug-likeness (QED) is 0.395. The number of urea groups is 1. The van der Waals surface area contributed by atoms with Gasteiger partial charge in [0.05, 0.1) is 19.9 Å². The number of anilines is 2. The van der Waals surface area contributed by atoms with Gasteiger partial charge in [-0.25, -0.2) is 9.78 Å². The lowest BCUT2D eigenvalue weighted by molar-refractivity contribution is -0.130. The van der Waals surface area contributed by atoms with Crippen LogP contribution < -0.4 is 21.2 Å². The van der Waals surface area contributed by atoms with Crippen molar-refractivity contribution in [3.63, 3.8) is 0 Å². The van der Waals surface area contributed by atoms with Crippen LogP contribution >= 0.6 is 11.3 Å². The third-order valence-corrected chi connectivity index (χ3v) is 4.74. The molecule has 0 saturated carbocycles. The summed E-state index contributed by atoms with van der Waals surface area (Å²) in [6, 6.07) is 4.97. The minimum absolute atomic E-state index is 0.107. The summed E-state index contributed by atoms with van der Waals surface area (Å²) in [5.41, 5.74) is 8.91. The number of nitrogens with zero attached hydrogens (tertiary/aromatic N) is 3. The molecule has 9 nitrogen and oxygen atoms in total. The average molecular weight is 388 g/mol. The van der Waals surface area contributed by atoms with Crippen molar-refractivity contribution in [2.45, 2.75) is 25.9 Å². The van der Waals surface area contributed by atoms with Crippen molar-refractivity contribution in [3.8, 4) is 5.75 Å². The summed E-state index contributed by atoms with van der Waals surface area (Å²) in [7, 11) is 1.54. The third-order valence-electron chi connectivity index (χ3n) is 3.97. The molecule has 0 aliphatic carbocycles. The van der Waals surface area contributed by atoms with E-state index in [4.69, 9.17) is 10.5 Å². The Morgan fingerprint density at radius 1 is 1.44 bits per heavy atom. The van der Waals surface area contributed by atoms with Gasteiger partial charge in [-0.15, -0.1) is 11.3 Å². The van der Waals surface area contributed by atoms with E-state index in [2.05, 4.69) is 20.8 Å². The summed E-state index contributed by atoms with van der Waals surface area (Å²) in [6.45, 7) is 3.45. The highest BCUT2D eigenvalue weighted by atomic mass is 32.1. The highest BCUT2D eigenvalue weighted by molar-refractivity contribution is 7.14. The second kappa shape index (κ2) is 7.23. The molecule has 0 bridgehead atoms. The standard InChI is InChI=1S/C17H20N6O3S/c1-17(2)14(24)23(16(25)21-17)8-11-6-10(4-5-12(11)26-3)7-19-22-15-20-13(18)9-27-15/h4-7,9H,8,18H2,1-3H3,(H,20,22)(H,21,25). The van der Waals surface area contributed by atoms with Crippen LogP contribution in [0.4, 0.5) is 15.7 Å². The average Bonchev–Trinajstić information content (AvgIpc) is 3.11. The summed E-state index contributed by atoms with van der Waals surface area (Å²) in [6.07, 6.45) is 1.61. The summed E-state index contributed by atoms with van der Waals surface area (Å²) in [5.74, 6) is 0.732. The Morgan fingerprint density at radius 3 is 2.81 bits per heavy atom. The molecule has 0 unspecified atom stereocenters. The molecule has 0 atom stereocenters. The van der Waals surface area contributed by atoms with E-state index in [0.717, 1.165) is 5.56 Å². The number of benzene rings is 1. The number of hydrazone groups is 1. The molecular formula is C17H20N6O3S. The SMILES string of the molecule is COc1ccc(C=NNc2nc(N)cs2)cc1CN1C(=O)NC(C)(C)C1=O. The van der Waals surface area contributed by atoms with Crippen LogP contribution in [0, 0.1) is 0 Å². The van der Waals surface area contributed by atoms with Crippen molar-refractivity contribution in [1.82, 2.24) is 15.2 Å². The molecule has 1 aromatic carbocycles. The third kappa shape index (κ3) is 4.00. The zero-order valence-electron chi connectivity index (χ0n) is 15.1. The van der Waals surface area contributed by atoms with E-state index in [9.17, 15) is 9.59 Å². The second-order valence-corrected chi connectivity index (χ2v) is 7.32. The zero-order valence-corrected chi connectivity index (χ0v) is 16.0. The van der Waals surface area contributed by atoms with E-state index in [1.807, 2.05) is 12.1 Å². The van der Waals surface area contributed by atoms with Crippen molar-refractivity contribution in [2.24, 2.45) is 5.10 Å². The normalized spacial score (nSPS) is 16.0.